The molecule has 0 saturated heterocycles. The average Bonchev–Trinajstić information content (AvgIpc) is 2.31. The second-order valence-corrected chi connectivity index (χ2v) is 6.92. The lowest BCUT2D eigenvalue weighted by Crippen LogP contribution is -2.56. The fraction of sp³-hybridized carbons (Fsp3) is 0.600. The summed E-state index contributed by atoms with van der Waals surface area (Å²) in [5, 5.41) is 4.41. The van der Waals surface area contributed by atoms with Gasteiger partial charge in [0, 0.05) is 21.1 Å². The molecule has 0 spiro atoms. The molecule has 0 heterocycles. The molecule has 1 atom stereocenters. The van der Waals surface area contributed by atoms with Gasteiger partial charge in [0.05, 0.1) is 0 Å². The van der Waals surface area contributed by atoms with Crippen LogP contribution < -0.4 is 5.32 Å². The minimum absolute atomic E-state index is 0.0619. The summed E-state index contributed by atoms with van der Waals surface area (Å²) in [5.74, 6) is 0. The van der Waals surface area contributed by atoms with Gasteiger partial charge in [0.2, 0.25) is 0 Å². The smallest absolute Gasteiger partial charge is 0.0449 e. The van der Waals surface area contributed by atoms with Crippen molar-refractivity contribution in [3.05, 3.63) is 33.3 Å². The van der Waals surface area contributed by atoms with E-state index in [2.05, 4.69) is 67.1 Å². The van der Waals surface area contributed by atoms with E-state index in [-0.39, 0.29) is 5.54 Å². The maximum atomic E-state index is 6.33. The highest BCUT2D eigenvalue weighted by atomic mass is 79.9. The molecule has 0 fully saturated rings. The van der Waals surface area contributed by atoms with E-state index in [4.69, 9.17) is 11.6 Å². The predicted octanol–water partition coefficient (Wildman–Crippen LogP) is 3.96. The predicted molar refractivity (Wildman–Crippen MR) is 88.1 cm³/mol. The molecule has 0 aliphatic rings. The Morgan fingerprint density at radius 3 is 2.47 bits per heavy atom. The summed E-state index contributed by atoms with van der Waals surface area (Å²) in [6, 6.07) is 6.46. The van der Waals surface area contributed by atoms with Crippen LogP contribution in [0.3, 0.4) is 0 Å². The van der Waals surface area contributed by atoms with E-state index in [9.17, 15) is 0 Å². The van der Waals surface area contributed by atoms with Crippen LogP contribution in [-0.4, -0.2) is 37.1 Å². The van der Waals surface area contributed by atoms with Crippen molar-refractivity contribution < 1.29 is 0 Å². The number of likely N-dealkylation sites (N-methyl/N-ethyl adjacent to an activating group) is 2. The Hall–Kier alpha value is -0.0900. The third kappa shape index (κ3) is 4.45. The van der Waals surface area contributed by atoms with E-state index < -0.39 is 0 Å². The number of nitrogens with one attached hydrogen (secondary N) is 1. The number of benzene rings is 1. The summed E-state index contributed by atoms with van der Waals surface area (Å²) in [6.45, 7) is 7.61. The average molecular weight is 348 g/mol. The molecule has 19 heavy (non-hydrogen) atoms. The van der Waals surface area contributed by atoms with Gasteiger partial charge >= 0.3 is 0 Å². The number of nitrogens with zero attached hydrogens (tertiary/aromatic N) is 1. The summed E-state index contributed by atoms with van der Waals surface area (Å²) in [7, 11) is 4.24. The maximum absolute atomic E-state index is 6.33. The van der Waals surface area contributed by atoms with Crippen molar-refractivity contribution in [3.8, 4) is 0 Å². The second-order valence-electron chi connectivity index (χ2n) is 5.60. The largest absolute Gasteiger partial charge is 0.312 e. The molecule has 0 aliphatic heterocycles. The van der Waals surface area contributed by atoms with Crippen LogP contribution in [0.25, 0.3) is 0 Å². The van der Waals surface area contributed by atoms with Gasteiger partial charge in [0.1, 0.15) is 0 Å². The first-order valence-corrected chi connectivity index (χ1v) is 7.80. The number of rotatable bonds is 6. The van der Waals surface area contributed by atoms with Crippen molar-refractivity contribution in [2.45, 2.75) is 38.8 Å². The number of hydrogen-bond acceptors (Lipinski definition) is 2. The van der Waals surface area contributed by atoms with E-state index in [1.54, 1.807) is 0 Å². The zero-order valence-electron chi connectivity index (χ0n) is 12.4. The summed E-state index contributed by atoms with van der Waals surface area (Å²) < 4.78 is 1.02. The van der Waals surface area contributed by atoms with Gasteiger partial charge in [-0.3, -0.25) is 0 Å². The lowest BCUT2D eigenvalue weighted by Gasteiger charge is -2.41. The molecular weight excluding hydrogens is 324 g/mol. The number of hydrogen-bond donors (Lipinski definition) is 1. The minimum atomic E-state index is 0.0619. The van der Waals surface area contributed by atoms with Gasteiger partial charge in [-0.1, -0.05) is 40.5 Å². The van der Waals surface area contributed by atoms with Gasteiger partial charge in [-0.15, -0.1) is 0 Å². The fourth-order valence-corrected chi connectivity index (χ4v) is 2.79. The Labute approximate surface area is 130 Å². The maximum Gasteiger partial charge on any atom is 0.0449 e. The zero-order chi connectivity index (χ0) is 14.6. The normalized spacial score (nSPS) is 13.9. The summed E-state index contributed by atoms with van der Waals surface area (Å²) >= 11 is 9.78. The van der Waals surface area contributed by atoms with Crippen LogP contribution >= 0.6 is 27.5 Å². The Kier molecular flexibility index (Phi) is 6.31. The lowest BCUT2D eigenvalue weighted by atomic mass is 9.88. The molecule has 108 valence electrons. The molecule has 0 radical (unpaired) electrons. The van der Waals surface area contributed by atoms with Gasteiger partial charge in [-0.25, -0.2) is 0 Å². The minimum Gasteiger partial charge on any atom is -0.312 e. The first-order chi connectivity index (χ1) is 8.78. The van der Waals surface area contributed by atoms with Gasteiger partial charge in [0.15, 0.2) is 0 Å². The topological polar surface area (TPSA) is 15.3 Å². The second kappa shape index (κ2) is 7.07. The van der Waals surface area contributed by atoms with Crippen LogP contribution in [0.15, 0.2) is 22.7 Å². The molecule has 2 nitrogen and oxygen atoms in total. The van der Waals surface area contributed by atoms with Crippen LogP contribution in [-0.2, 0) is 6.42 Å². The van der Waals surface area contributed by atoms with E-state index in [0.717, 1.165) is 22.5 Å². The van der Waals surface area contributed by atoms with Crippen molar-refractivity contribution in [1.82, 2.24) is 10.2 Å². The monoisotopic (exact) mass is 346 g/mol. The third-order valence-electron chi connectivity index (χ3n) is 3.90. The molecule has 0 aliphatic carbocycles. The van der Waals surface area contributed by atoms with Crippen LogP contribution in [0.5, 0.6) is 0 Å². The quantitative estimate of drug-likeness (QED) is 0.838. The Morgan fingerprint density at radius 2 is 2.00 bits per heavy atom. The molecule has 4 heteroatoms. The first kappa shape index (κ1) is 17.0. The van der Waals surface area contributed by atoms with Gasteiger partial charge in [-0.2, -0.15) is 0 Å². The van der Waals surface area contributed by atoms with Crippen molar-refractivity contribution in [1.29, 1.82) is 0 Å². The highest BCUT2D eigenvalue weighted by molar-refractivity contribution is 9.10. The molecule has 1 unspecified atom stereocenters. The van der Waals surface area contributed by atoms with E-state index >= 15 is 0 Å². The van der Waals surface area contributed by atoms with Gasteiger partial charge in [0.25, 0.3) is 0 Å². The van der Waals surface area contributed by atoms with Crippen molar-refractivity contribution in [2.24, 2.45) is 0 Å². The van der Waals surface area contributed by atoms with Gasteiger partial charge in [-0.05, 0) is 58.6 Å². The summed E-state index contributed by atoms with van der Waals surface area (Å²) in [5.41, 5.74) is 1.25. The third-order valence-corrected chi connectivity index (χ3v) is 4.74. The molecule has 0 saturated carbocycles. The van der Waals surface area contributed by atoms with Crippen LogP contribution in [0.1, 0.15) is 26.3 Å². The van der Waals surface area contributed by atoms with Crippen LogP contribution in [0.2, 0.25) is 5.02 Å². The van der Waals surface area contributed by atoms with Crippen molar-refractivity contribution in [2.75, 3.05) is 20.6 Å². The Morgan fingerprint density at radius 1 is 1.37 bits per heavy atom. The zero-order valence-corrected chi connectivity index (χ0v) is 14.8. The Bertz CT molecular complexity index is 419. The Balaban J connectivity index is 2.95. The van der Waals surface area contributed by atoms with Crippen LogP contribution in [0.4, 0.5) is 0 Å². The van der Waals surface area contributed by atoms with E-state index in [0.29, 0.717) is 6.04 Å². The fourth-order valence-electron chi connectivity index (χ4n) is 2.04. The molecule has 1 aromatic carbocycles. The van der Waals surface area contributed by atoms with E-state index in [1.165, 1.54) is 5.56 Å². The lowest BCUT2D eigenvalue weighted by molar-refractivity contribution is 0.138. The van der Waals surface area contributed by atoms with Crippen molar-refractivity contribution in [3.63, 3.8) is 0 Å². The first-order valence-electron chi connectivity index (χ1n) is 6.63. The van der Waals surface area contributed by atoms with Crippen molar-refractivity contribution >= 4 is 27.5 Å². The molecule has 1 N–H and O–H groups in total. The molecular formula is C15H24BrClN2. The SMILES string of the molecule is CCNC(Cc1ccc(Br)cc1Cl)C(C)(C)N(C)C. The van der Waals surface area contributed by atoms with Crippen LogP contribution in [0, 0.1) is 0 Å². The molecule has 1 rings (SSSR count). The molecule has 0 aromatic heterocycles. The van der Waals surface area contributed by atoms with E-state index in [1.807, 2.05) is 12.1 Å². The highest BCUT2D eigenvalue weighted by Crippen LogP contribution is 2.26. The summed E-state index contributed by atoms with van der Waals surface area (Å²) in [4.78, 5) is 2.26. The highest BCUT2D eigenvalue weighted by Gasteiger charge is 2.31. The summed E-state index contributed by atoms with van der Waals surface area (Å²) in [6.07, 6.45) is 0.922. The molecule has 0 bridgehead atoms. The molecule has 1 aromatic rings. The van der Waals surface area contributed by atoms with Gasteiger partial charge < -0.3 is 10.2 Å². The molecule has 0 amide bonds. The number of halogens is 2. The standard InChI is InChI=1S/C15H24BrClN2/c1-6-18-14(15(2,3)19(4)5)9-11-7-8-12(16)10-13(11)17/h7-8,10,14,18H,6,9H2,1-5H3.